The zero-order valence-electron chi connectivity index (χ0n) is 11.5. The van der Waals surface area contributed by atoms with Gasteiger partial charge in [-0.05, 0) is 12.8 Å². The summed E-state index contributed by atoms with van der Waals surface area (Å²) >= 11 is 0. The standard InChI is InChI=1S/C13H19F2N3O2/c1-2-11-16-17-12(20-11)10-7-13(14,15)8-18(10)9-3-5-19-6-4-9/h9-10H,2-8H2,1H3/t10-/m0/s1. The molecule has 3 heterocycles. The lowest BCUT2D eigenvalue weighted by Gasteiger charge is -2.33. The Morgan fingerprint density at radius 2 is 2.05 bits per heavy atom. The number of likely N-dealkylation sites (tertiary alicyclic amines) is 1. The highest BCUT2D eigenvalue weighted by Gasteiger charge is 2.50. The van der Waals surface area contributed by atoms with Crippen molar-refractivity contribution in [2.24, 2.45) is 0 Å². The molecule has 2 saturated heterocycles. The van der Waals surface area contributed by atoms with Crippen LogP contribution in [0.15, 0.2) is 4.42 Å². The molecule has 5 nitrogen and oxygen atoms in total. The second-order valence-electron chi connectivity index (χ2n) is 5.48. The minimum Gasteiger partial charge on any atom is -0.424 e. The third kappa shape index (κ3) is 2.69. The van der Waals surface area contributed by atoms with Crippen LogP contribution in [0, 0.1) is 0 Å². The molecule has 0 bridgehead atoms. The van der Waals surface area contributed by atoms with Crippen LogP contribution in [0.2, 0.25) is 0 Å². The Bertz CT molecular complexity index is 460. The van der Waals surface area contributed by atoms with Crippen LogP contribution in [0.3, 0.4) is 0 Å². The summed E-state index contributed by atoms with van der Waals surface area (Å²) in [6.45, 7) is 2.93. The van der Waals surface area contributed by atoms with Gasteiger partial charge in [0.15, 0.2) is 0 Å². The monoisotopic (exact) mass is 287 g/mol. The van der Waals surface area contributed by atoms with Gasteiger partial charge in [-0.1, -0.05) is 6.92 Å². The first-order chi connectivity index (χ1) is 9.59. The molecule has 0 radical (unpaired) electrons. The van der Waals surface area contributed by atoms with E-state index in [2.05, 4.69) is 10.2 Å². The molecule has 0 amide bonds. The molecule has 0 aliphatic carbocycles. The highest BCUT2D eigenvalue weighted by Crippen LogP contribution is 2.43. The molecule has 0 N–H and O–H groups in total. The first kappa shape index (κ1) is 13.9. The highest BCUT2D eigenvalue weighted by atomic mass is 19.3. The van der Waals surface area contributed by atoms with Crippen molar-refractivity contribution in [3.8, 4) is 0 Å². The van der Waals surface area contributed by atoms with E-state index in [0.717, 1.165) is 12.8 Å². The van der Waals surface area contributed by atoms with Crippen molar-refractivity contribution >= 4 is 0 Å². The average Bonchev–Trinajstić information content (AvgIpc) is 3.03. The van der Waals surface area contributed by atoms with Gasteiger partial charge in [0.2, 0.25) is 11.8 Å². The Morgan fingerprint density at radius 1 is 1.30 bits per heavy atom. The molecule has 112 valence electrons. The van der Waals surface area contributed by atoms with E-state index in [1.165, 1.54) is 0 Å². The van der Waals surface area contributed by atoms with E-state index in [0.29, 0.717) is 31.4 Å². The van der Waals surface area contributed by atoms with Gasteiger partial charge < -0.3 is 9.15 Å². The average molecular weight is 287 g/mol. The van der Waals surface area contributed by atoms with Crippen LogP contribution in [0.5, 0.6) is 0 Å². The Balaban J connectivity index is 1.81. The SMILES string of the molecule is CCc1nnc([C@@H]2CC(F)(F)CN2C2CCOCC2)o1. The molecule has 1 aromatic rings. The van der Waals surface area contributed by atoms with E-state index in [9.17, 15) is 8.78 Å². The van der Waals surface area contributed by atoms with Crippen molar-refractivity contribution < 1.29 is 17.9 Å². The number of rotatable bonds is 3. The van der Waals surface area contributed by atoms with Gasteiger partial charge in [-0.3, -0.25) is 4.90 Å². The lowest BCUT2D eigenvalue weighted by molar-refractivity contribution is -0.00847. The van der Waals surface area contributed by atoms with Crippen molar-refractivity contribution in [2.75, 3.05) is 19.8 Å². The first-order valence-corrected chi connectivity index (χ1v) is 7.12. The largest absolute Gasteiger partial charge is 0.424 e. The number of hydrogen-bond acceptors (Lipinski definition) is 5. The molecule has 0 saturated carbocycles. The highest BCUT2D eigenvalue weighted by molar-refractivity contribution is 5.02. The van der Waals surface area contributed by atoms with Gasteiger partial charge in [0.1, 0.15) is 0 Å². The van der Waals surface area contributed by atoms with Crippen molar-refractivity contribution in [1.29, 1.82) is 0 Å². The third-order valence-electron chi connectivity index (χ3n) is 4.04. The summed E-state index contributed by atoms with van der Waals surface area (Å²) in [5, 5.41) is 7.85. The summed E-state index contributed by atoms with van der Waals surface area (Å²) in [6, 6.07) is -0.361. The first-order valence-electron chi connectivity index (χ1n) is 7.12. The number of hydrogen-bond donors (Lipinski definition) is 0. The molecule has 1 aromatic heterocycles. The van der Waals surface area contributed by atoms with Gasteiger partial charge in [0.25, 0.3) is 5.92 Å². The summed E-state index contributed by atoms with van der Waals surface area (Å²) in [5.41, 5.74) is 0. The lowest BCUT2D eigenvalue weighted by atomic mass is 10.1. The Kier molecular flexibility index (Phi) is 3.72. The van der Waals surface area contributed by atoms with E-state index in [1.807, 2.05) is 11.8 Å². The minimum atomic E-state index is -2.69. The molecule has 1 atom stereocenters. The van der Waals surface area contributed by atoms with E-state index in [-0.39, 0.29) is 19.0 Å². The van der Waals surface area contributed by atoms with E-state index < -0.39 is 12.0 Å². The van der Waals surface area contributed by atoms with E-state index in [4.69, 9.17) is 9.15 Å². The summed E-state index contributed by atoms with van der Waals surface area (Å²) in [5.74, 6) is -1.86. The van der Waals surface area contributed by atoms with E-state index in [1.54, 1.807) is 0 Å². The third-order valence-corrected chi connectivity index (χ3v) is 4.04. The second-order valence-corrected chi connectivity index (χ2v) is 5.48. The Labute approximate surface area is 116 Å². The van der Waals surface area contributed by atoms with Crippen LogP contribution in [0.25, 0.3) is 0 Å². The van der Waals surface area contributed by atoms with Gasteiger partial charge >= 0.3 is 0 Å². The van der Waals surface area contributed by atoms with Gasteiger partial charge in [-0.15, -0.1) is 10.2 Å². The van der Waals surface area contributed by atoms with Gasteiger partial charge in [0.05, 0.1) is 12.6 Å². The number of aromatic nitrogens is 2. The van der Waals surface area contributed by atoms with Crippen molar-refractivity contribution in [3.05, 3.63) is 11.8 Å². The number of aryl methyl sites for hydroxylation is 1. The van der Waals surface area contributed by atoms with E-state index >= 15 is 0 Å². The van der Waals surface area contributed by atoms with Crippen LogP contribution in [-0.2, 0) is 11.2 Å². The number of halogens is 2. The summed E-state index contributed by atoms with van der Waals surface area (Å²) in [6.07, 6.45) is 1.94. The molecule has 2 aliphatic rings. The zero-order valence-corrected chi connectivity index (χ0v) is 11.5. The lowest BCUT2D eigenvalue weighted by Crippen LogP contribution is -2.40. The maximum Gasteiger partial charge on any atom is 0.262 e. The predicted octanol–water partition coefficient (Wildman–Crippen LogP) is 2.19. The van der Waals surface area contributed by atoms with Crippen LogP contribution in [0.4, 0.5) is 8.78 Å². The number of alkyl halides is 2. The van der Waals surface area contributed by atoms with Crippen LogP contribution >= 0.6 is 0 Å². The second kappa shape index (κ2) is 5.37. The van der Waals surface area contributed by atoms with Crippen LogP contribution in [0.1, 0.15) is 44.0 Å². The van der Waals surface area contributed by atoms with Gasteiger partial charge in [-0.25, -0.2) is 8.78 Å². The molecule has 20 heavy (non-hydrogen) atoms. The Morgan fingerprint density at radius 3 is 2.70 bits per heavy atom. The smallest absolute Gasteiger partial charge is 0.262 e. The molecule has 0 unspecified atom stereocenters. The summed E-state index contributed by atoms with van der Waals surface area (Å²) < 4.78 is 38.4. The molecular weight excluding hydrogens is 268 g/mol. The molecule has 0 aromatic carbocycles. The fourth-order valence-corrected chi connectivity index (χ4v) is 3.02. The summed E-state index contributed by atoms with van der Waals surface area (Å²) in [7, 11) is 0. The maximum absolute atomic E-state index is 13.8. The topological polar surface area (TPSA) is 51.4 Å². The normalized spacial score (nSPS) is 28.1. The quantitative estimate of drug-likeness (QED) is 0.853. The number of ether oxygens (including phenoxy) is 1. The molecular formula is C13H19F2N3O2. The summed E-state index contributed by atoms with van der Waals surface area (Å²) in [4.78, 5) is 1.83. The molecule has 2 aliphatic heterocycles. The zero-order chi connectivity index (χ0) is 14.2. The van der Waals surface area contributed by atoms with Gasteiger partial charge in [0, 0.05) is 32.1 Å². The maximum atomic E-state index is 13.8. The van der Waals surface area contributed by atoms with Crippen LogP contribution in [-0.4, -0.2) is 46.8 Å². The Hall–Kier alpha value is -1.08. The molecule has 7 heteroatoms. The predicted molar refractivity (Wildman–Crippen MR) is 66.5 cm³/mol. The van der Waals surface area contributed by atoms with Crippen molar-refractivity contribution in [1.82, 2.24) is 15.1 Å². The molecule has 3 rings (SSSR count). The van der Waals surface area contributed by atoms with Crippen molar-refractivity contribution in [3.63, 3.8) is 0 Å². The minimum absolute atomic E-state index is 0.110. The number of nitrogens with zero attached hydrogens (tertiary/aromatic N) is 3. The van der Waals surface area contributed by atoms with Crippen LogP contribution < -0.4 is 0 Å². The van der Waals surface area contributed by atoms with Crippen molar-refractivity contribution in [2.45, 2.75) is 50.6 Å². The molecule has 0 spiro atoms. The fourth-order valence-electron chi connectivity index (χ4n) is 3.02. The fraction of sp³-hybridized carbons (Fsp3) is 0.846. The van der Waals surface area contributed by atoms with Gasteiger partial charge in [-0.2, -0.15) is 0 Å². The molecule has 2 fully saturated rings.